The molecule has 0 unspecified atom stereocenters. The Morgan fingerprint density at radius 2 is 1.94 bits per heavy atom. The van der Waals surface area contributed by atoms with E-state index in [4.69, 9.17) is 0 Å². The third-order valence-electron chi connectivity index (χ3n) is 2.77. The second-order valence-electron chi connectivity index (χ2n) is 4.02. The number of hydrogen-bond donors (Lipinski definition) is 2. The van der Waals surface area contributed by atoms with Gasteiger partial charge in [-0.05, 0) is 30.8 Å². The predicted octanol–water partition coefficient (Wildman–Crippen LogP) is 1.96. The summed E-state index contributed by atoms with van der Waals surface area (Å²) < 4.78 is 13.0. The van der Waals surface area contributed by atoms with Gasteiger partial charge in [0, 0.05) is 25.7 Å². The van der Waals surface area contributed by atoms with Crippen molar-refractivity contribution >= 4 is 0 Å². The van der Waals surface area contributed by atoms with Gasteiger partial charge in [0.1, 0.15) is 11.6 Å². The Kier molecular flexibility index (Phi) is 5.94. The number of benzene rings is 1. The Labute approximate surface area is 102 Å². The normalized spacial score (nSPS) is 11.1. The standard InChI is InChI=1S/C13H21FN2O/c1-3-16(4-2)6-5-15-10-11-7-12(14)9-13(17)8-11/h7-9,15,17H,3-6,10H2,1-2H3. The molecule has 0 aliphatic carbocycles. The summed E-state index contributed by atoms with van der Waals surface area (Å²) >= 11 is 0. The lowest BCUT2D eigenvalue weighted by Crippen LogP contribution is -2.31. The molecule has 0 bridgehead atoms. The number of rotatable bonds is 7. The van der Waals surface area contributed by atoms with Crippen molar-refractivity contribution in [1.82, 2.24) is 10.2 Å². The highest BCUT2D eigenvalue weighted by molar-refractivity contribution is 5.28. The molecule has 4 heteroatoms. The lowest BCUT2D eigenvalue weighted by Gasteiger charge is -2.18. The van der Waals surface area contributed by atoms with Crippen molar-refractivity contribution in [3.63, 3.8) is 0 Å². The minimum Gasteiger partial charge on any atom is -0.508 e. The molecule has 0 saturated heterocycles. The Morgan fingerprint density at radius 1 is 1.24 bits per heavy atom. The van der Waals surface area contributed by atoms with Crippen LogP contribution in [0.1, 0.15) is 19.4 Å². The minimum absolute atomic E-state index is 0.0226. The summed E-state index contributed by atoms with van der Waals surface area (Å²) in [6.07, 6.45) is 0. The lowest BCUT2D eigenvalue weighted by molar-refractivity contribution is 0.302. The minimum atomic E-state index is -0.398. The molecule has 2 N–H and O–H groups in total. The fourth-order valence-electron chi connectivity index (χ4n) is 1.75. The number of phenols is 1. The molecule has 0 aliphatic rings. The van der Waals surface area contributed by atoms with Gasteiger partial charge in [0.05, 0.1) is 0 Å². The number of nitrogens with one attached hydrogen (secondary N) is 1. The molecule has 0 amide bonds. The SMILES string of the molecule is CCN(CC)CCNCc1cc(O)cc(F)c1. The maximum Gasteiger partial charge on any atom is 0.127 e. The van der Waals surface area contributed by atoms with Crippen molar-refractivity contribution in [3.05, 3.63) is 29.6 Å². The highest BCUT2D eigenvalue weighted by Gasteiger charge is 2.01. The average molecular weight is 240 g/mol. The number of halogens is 1. The first-order chi connectivity index (χ1) is 8.15. The molecule has 0 fully saturated rings. The van der Waals surface area contributed by atoms with Crippen LogP contribution in [0.25, 0.3) is 0 Å². The molecule has 0 radical (unpaired) electrons. The van der Waals surface area contributed by atoms with Crippen LogP contribution in [-0.4, -0.2) is 36.2 Å². The van der Waals surface area contributed by atoms with E-state index in [0.717, 1.165) is 37.8 Å². The van der Waals surface area contributed by atoms with Crippen molar-refractivity contribution in [2.75, 3.05) is 26.2 Å². The van der Waals surface area contributed by atoms with Crippen LogP contribution in [0.3, 0.4) is 0 Å². The lowest BCUT2D eigenvalue weighted by atomic mass is 10.2. The van der Waals surface area contributed by atoms with Crippen LogP contribution >= 0.6 is 0 Å². The van der Waals surface area contributed by atoms with Crippen LogP contribution in [0, 0.1) is 5.82 Å². The second kappa shape index (κ2) is 7.25. The molecule has 0 aromatic heterocycles. The average Bonchev–Trinajstić information content (AvgIpc) is 2.28. The first-order valence-corrected chi connectivity index (χ1v) is 6.07. The molecule has 0 aliphatic heterocycles. The Morgan fingerprint density at radius 3 is 2.53 bits per heavy atom. The zero-order chi connectivity index (χ0) is 12.7. The van der Waals surface area contributed by atoms with E-state index < -0.39 is 5.82 Å². The van der Waals surface area contributed by atoms with Crippen LogP contribution in [-0.2, 0) is 6.54 Å². The largest absolute Gasteiger partial charge is 0.508 e. The van der Waals surface area contributed by atoms with Crippen molar-refractivity contribution in [1.29, 1.82) is 0 Å². The van der Waals surface area contributed by atoms with Gasteiger partial charge in [0.15, 0.2) is 0 Å². The molecular formula is C13H21FN2O. The highest BCUT2D eigenvalue weighted by atomic mass is 19.1. The van der Waals surface area contributed by atoms with E-state index in [-0.39, 0.29) is 5.75 Å². The fraction of sp³-hybridized carbons (Fsp3) is 0.538. The van der Waals surface area contributed by atoms with Crippen molar-refractivity contribution in [3.8, 4) is 5.75 Å². The van der Waals surface area contributed by atoms with Gasteiger partial charge in [-0.2, -0.15) is 0 Å². The number of hydrogen-bond acceptors (Lipinski definition) is 3. The molecule has 1 rings (SSSR count). The maximum absolute atomic E-state index is 13.0. The summed E-state index contributed by atoms with van der Waals surface area (Å²) in [6, 6.07) is 4.12. The van der Waals surface area contributed by atoms with E-state index in [9.17, 15) is 9.50 Å². The van der Waals surface area contributed by atoms with Gasteiger partial charge in [-0.15, -0.1) is 0 Å². The third-order valence-corrected chi connectivity index (χ3v) is 2.77. The summed E-state index contributed by atoms with van der Waals surface area (Å²) in [5.74, 6) is -0.420. The van der Waals surface area contributed by atoms with Crippen LogP contribution in [0.4, 0.5) is 4.39 Å². The molecule has 0 saturated carbocycles. The van der Waals surface area contributed by atoms with Crippen molar-refractivity contribution in [2.45, 2.75) is 20.4 Å². The van der Waals surface area contributed by atoms with Gasteiger partial charge in [-0.3, -0.25) is 0 Å². The summed E-state index contributed by atoms with van der Waals surface area (Å²) in [5.41, 5.74) is 0.766. The summed E-state index contributed by atoms with van der Waals surface area (Å²) in [7, 11) is 0. The van der Waals surface area contributed by atoms with Crippen molar-refractivity contribution < 1.29 is 9.50 Å². The van der Waals surface area contributed by atoms with Crippen LogP contribution in [0.5, 0.6) is 5.75 Å². The molecule has 1 aromatic carbocycles. The monoisotopic (exact) mass is 240 g/mol. The molecule has 0 spiro atoms. The van der Waals surface area contributed by atoms with Crippen LogP contribution in [0.15, 0.2) is 18.2 Å². The highest BCUT2D eigenvalue weighted by Crippen LogP contribution is 2.14. The maximum atomic E-state index is 13.0. The zero-order valence-electron chi connectivity index (χ0n) is 10.5. The molecule has 17 heavy (non-hydrogen) atoms. The van der Waals surface area contributed by atoms with Crippen LogP contribution in [0.2, 0.25) is 0 Å². The smallest absolute Gasteiger partial charge is 0.127 e. The topological polar surface area (TPSA) is 35.5 Å². The van der Waals surface area contributed by atoms with Gasteiger partial charge in [-0.1, -0.05) is 13.8 Å². The Bertz CT molecular complexity index is 320. The fourth-order valence-corrected chi connectivity index (χ4v) is 1.75. The quantitative estimate of drug-likeness (QED) is 0.715. The van der Waals surface area contributed by atoms with Gasteiger partial charge in [0.2, 0.25) is 0 Å². The Balaban J connectivity index is 2.31. The Hall–Kier alpha value is -1.13. The van der Waals surface area contributed by atoms with Gasteiger partial charge in [0.25, 0.3) is 0 Å². The first-order valence-electron chi connectivity index (χ1n) is 6.07. The molecule has 0 atom stereocenters. The van der Waals surface area contributed by atoms with Crippen LogP contribution < -0.4 is 5.32 Å². The number of phenolic OH excluding ortho intramolecular Hbond substituents is 1. The van der Waals surface area contributed by atoms with E-state index in [0.29, 0.717) is 6.54 Å². The number of aromatic hydroxyl groups is 1. The van der Waals surface area contributed by atoms with Gasteiger partial charge < -0.3 is 15.3 Å². The predicted molar refractivity (Wildman–Crippen MR) is 67.6 cm³/mol. The van der Waals surface area contributed by atoms with Gasteiger partial charge >= 0.3 is 0 Å². The van der Waals surface area contributed by atoms with E-state index in [1.54, 1.807) is 6.07 Å². The summed E-state index contributed by atoms with van der Waals surface area (Å²) in [5, 5.41) is 12.5. The van der Waals surface area contributed by atoms with E-state index in [2.05, 4.69) is 24.1 Å². The third kappa shape index (κ3) is 5.15. The molecule has 0 heterocycles. The molecule has 1 aromatic rings. The molecule has 96 valence electrons. The van der Waals surface area contributed by atoms with E-state index in [1.165, 1.54) is 6.07 Å². The molecule has 3 nitrogen and oxygen atoms in total. The van der Waals surface area contributed by atoms with Crippen molar-refractivity contribution in [2.24, 2.45) is 0 Å². The van der Waals surface area contributed by atoms with Gasteiger partial charge in [-0.25, -0.2) is 4.39 Å². The first kappa shape index (κ1) is 13.9. The summed E-state index contributed by atoms with van der Waals surface area (Å²) in [6.45, 7) is 8.76. The molecular weight excluding hydrogens is 219 g/mol. The summed E-state index contributed by atoms with van der Waals surface area (Å²) in [4.78, 5) is 2.32. The zero-order valence-corrected chi connectivity index (χ0v) is 10.5. The number of nitrogens with zero attached hydrogens (tertiary/aromatic N) is 1. The van der Waals surface area contributed by atoms with E-state index in [1.807, 2.05) is 0 Å². The second-order valence-corrected chi connectivity index (χ2v) is 4.02. The van der Waals surface area contributed by atoms with E-state index >= 15 is 0 Å². The number of likely N-dealkylation sites (N-methyl/N-ethyl adjacent to an activating group) is 1.